The molecule has 0 saturated heterocycles. The van der Waals surface area contributed by atoms with Crippen molar-refractivity contribution in [2.24, 2.45) is 0 Å². The molecule has 0 spiro atoms. The quantitative estimate of drug-likeness (QED) is 0.196. The maximum absolute atomic E-state index is 12.6. The van der Waals surface area contributed by atoms with Gasteiger partial charge in [0, 0.05) is 23.5 Å². The number of para-hydroxylation sites is 1. The van der Waals surface area contributed by atoms with Crippen molar-refractivity contribution >= 4 is 62.2 Å². The number of nitro groups is 1. The van der Waals surface area contributed by atoms with Crippen molar-refractivity contribution in [2.75, 3.05) is 23.5 Å². The van der Waals surface area contributed by atoms with Crippen LogP contribution in [0.25, 0.3) is 10.2 Å². The number of hydrogen-bond acceptors (Lipinski definition) is 8. The zero-order valence-corrected chi connectivity index (χ0v) is 19.4. The molecule has 172 valence electrons. The van der Waals surface area contributed by atoms with Gasteiger partial charge in [-0.3, -0.25) is 19.7 Å². The monoisotopic (exact) mass is 494 g/mol. The van der Waals surface area contributed by atoms with Gasteiger partial charge in [0.15, 0.2) is 4.34 Å². The van der Waals surface area contributed by atoms with Crippen molar-refractivity contribution in [3.05, 3.63) is 82.4 Å². The Hall–Kier alpha value is -3.96. The molecular weight excluding hydrogens is 476 g/mol. The van der Waals surface area contributed by atoms with E-state index in [1.165, 1.54) is 54.5 Å². The lowest BCUT2D eigenvalue weighted by molar-refractivity contribution is -0.384. The summed E-state index contributed by atoms with van der Waals surface area (Å²) >= 11 is 2.70. The van der Waals surface area contributed by atoms with Crippen LogP contribution in [0.1, 0.15) is 10.4 Å². The highest BCUT2D eigenvalue weighted by Crippen LogP contribution is 2.32. The van der Waals surface area contributed by atoms with E-state index in [9.17, 15) is 19.7 Å². The number of carbonyl (C=O) groups excluding carboxylic acids is 2. The highest BCUT2D eigenvalue weighted by atomic mass is 32.2. The number of thiazole rings is 1. The van der Waals surface area contributed by atoms with Gasteiger partial charge >= 0.3 is 0 Å². The van der Waals surface area contributed by atoms with E-state index < -0.39 is 4.92 Å². The second-order valence-corrected chi connectivity index (χ2v) is 9.21. The molecule has 2 N–H and O–H groups in total. The number of fused-ring (bicyclic) bond motifs is 1. The molecule has 9 nitrogen and oxygen atoms in total. The average Bonchev–Trinajstić information content (AvgIpc) is 3.25. The number of benzene rings is 3. The van der Waals surface area contributed by atoms with Gasteiger partial charge in [-0.05, 0) is 42.5 Å². The summed E-state index contributed by atoms with van der Waals surface area (Å²) in [6, 6.07) is 18.0. The fourth-order valence-electron chi connectivity index (χ4n) is 3.06. The van der Waals surface area contributed by atoms with Gasteiger partial charge in [-0.1, -0.05) is 23.9 Å². The summed E-state index contributed by atoms with van der Waals surface area (Å²) in [5.41, 5.74) is 2.26. The molecule has 0 fully saturated rings. The van der Waals surface area contributed by atoms with E-state index in [1.807, 2.05) is 12.1 Å². The van der Waals surface area contributed by atoms with Gasteiger partial charge in [0.05, 0.1) is 33.6 Å². The van der Waals surface area contributed by atoms with Crippen molar-refractivity contribution in [3.8, 4) is 5.75 Å². The lowest BCUT2D eigenvalue weighted by Crippen LogP contribution is -2.13. The molecule has 3 aromatic carbocycles. The molecule has 1 aromatic heterocycles. The molecule has 2 amide bonds. The number of nitrogens with one attached hydrogen (secondary N) is 2. The fraction of sp³-hybridized carbons (Fsp3) is 0.0870. The Balaban J connectivity index is 1.37. The first-order valence-electron chi connectivity index (χ1n) is 9.95. The van der Waals surface area contributed by atoms with Crippen molar-refractivity contribution in [1.29, 1.82) is 0 Å². The third-order valence-electron chi connectivity index (χ3n) is 4.67. The molecule has 0 saturated carbocycles. The maximum atomic E-state index is 12.6. The Morgan fingerprint density at radius 1 is 1.06 bits per heavy atom. The largest absolute Gasteiger partial charge is 0.496 e. The zero-order valence-electron chi connectivity index (χ0n) is 17.8. The molecule has 0 unspecified atom stereocenters. The van der Waals surface area contributed by atoms with Crippen molar-refractivity contribution in [3.63, 3.8) is 0 Å². The first-order valence-corrected chi connectivity index (χ1v) is 11.8. The van der Waals surface area contributed by atoms with E-state index >= 15 is 0 Å². The highest BCUT2D eigenvalue weighted by molar-refractivity contribution is 8.01. The number of non-ortho nitro benzene ring substituents is 1. The summed E-state index contributed by atoms with van der Waals surface area (Å²) in [6.45, 7) is 0. The summed E-state index contributed by atoms with van der Waals surface area (Å²) in [5, 5.41) is 16.3. The predicted molar refractivity (Wildman–Crippen MR) is 133 cm³/mol. The fourth-order valence-corrected chi connectivity index (χ4v) is 4.97. The SMILES string of the molecule is COc1ccccc1C(=O)Nc1ccc2nc(SCC(=O)Nc3ccc([N+](=O)[O-])cc3)sc2c1. The topological polar surface area (TPSA) is 123 Å². The Kier molecular flexibility index (Phi) is 7.04. The van der Waals surface area contributed by atoms with Crippen molar-refractivity contribution in [2.45, 2.75) is 4.34 Å². The van der Waals surface area contributed by atoms with Crippen molar-refractivity contribution in [1.82, 2.24) is 4.98 Å². The van der Waals surface area contributed by atoms with E-state index in [0.717, 1.165) is 10.2 Å². The number of thioether (sulfide) groups is 1. The van der Waals surface area contributed by atoms with E-state index in [-0.39, 0.29) is 23.3 Å². The van der Waals surface area contributed by atoms with E-state index in [1.54, 1.807) is 30.3 Å². The summed E-state index contributed by atoms with van der Waals surface area (Å²) in [7, 11) is 1.51. The second kappa shape index (κ2) is 10.3. The standard InChI is InChI=1S/C23H18N4O5S2/c1-32-19-5-3-2-4-17(19)22(29)25-15-8-11-18-20(12-15)34-23(26-18)33-13-21(28)24-14-6-9-16(10-7-14)27(30)31/h2-12H,13H2,1H3,(H,24,28)(H,25,29). The number of anilines is 2. The molecule has 0 aliphatic carbocycles. The van der Waals surface area contributed by atoms with Crippen LogP contribution in [0, 0.1) is 10.1 Å². The van der Waals surface area contributed by atoms with Gasteiger partial charge in [0.25, 0.3) is 11.6 Å². The highest BCUT2D eigenvalue weighted by Gasteiger charge is 2.13. The molecule has 0 aliphatic heterocycles. The lowest BCUT2D eigenvalue weighted by Gasteiger charge is -2.09. The number of ether oxygens (including phenoxy) is 1. The van der Waals surface area contributed by atoms with Gasteiger partial charge < -0.3 is 15.4 Å². The maximum Gasteiger partial charge on any atom is 0.269 e. The Labute approximate surface area is 202 Å². The molecule has 11 heteroatoms. The van der Waals surface area contributed by atoms with Crippen LogP contribution in [0.3, 0.4) is 0 Å². The normalized spacial score (nSPS) is 10.6. The predicted octanol–water partition coefficient (Wildman–Crippen LogP) is 5.20. The number of aromatic nitrogens is 1. The van der Waals surface area contributed by atoms with Crippen molar-refractivity contribution < 1.29 is 19.2 Å². The molecule has 0 aliphatic rings. The number of hydrogen-bond donors (Lipinski definition) is 2. The first-order chi connectivity index (χ1) is 16.4. The number of nitro benzene ring substituents is 1. The minimum absolute atomic E-state index is 0.0414. The third kappa shape index (κ3) is 5.50. The first kappa shape index (κ1) is 23.2. The van der Waals surface area contributed by atoms with Crippen LogP contribution in [0.4, 0.5) is 17.1 Å². The van der Waals surface area contributed by atoms with Crippen LogP contribution in [-0.2, 0) is 4.79 Å². The number of amides is 2. The van der Waals surface area contributed by atoms with Gasteiger partial charge in [-0.25, -0.2) is 4.98 Å². The van der Waals surface area contributed by atoms with E-state index in [0.29, 0.717) is 27.0 Å². The number of carbonyl (C=O) groups is 2. The Morgan fingerprint density at radius 3 is 2.53 bits per heavy atom. The molecule has 4 rings (SSSR count). The molecule has 0 bridgehead atoms. The zero-order chi connectivity index (χ0) is 24.1. The van der Waals surface area contributed by atoms with Crippen LogP contribution >= 0.6 is 23.1 Å². The van der Waals surface area contributed by atoms with Crippen LogP contribution < -0.4 is 15.4 Å². The van der Waals surface area contributed by atoms with Crippen LogP contribution in [0.5, 0.6) is 5.75 Å². The molecule has 4 aromatic rings. The van der Waals surface area contributed by atoms with E-state index in [2.05, 4.69) is 15.6 Å². The van der Waals surface area contributed by atoms with Gasteiger partial charge in [-0.15, -0.1) is 11.3 Å². The third-order valence-corrected chi connectivity index (χ3v) is 6.83. The number of rotatable bonds is 8. The van der Waals surface area contributed by atoms with Gasteiger partial charge in [0.1, 0.15) is 5.75 Å². The smallest absolute Gasteiger partial charge is 0.269 e. The molecule has 34 heavy (non-hydrogen) atoms. The minimum atomic E-state index is -0.496. The minimum Gasteiger partial charge on any atom is -0.496 e. The van der Waals surface area contributed by atoms with E-state index in [4.69, 9.17) is 4.74 Å². The van der Waals surface area contributed by atoms with Gasteiger partial charge in [-0.2, -0.15) is 0 Å². The summed E-state index contributed by atoms with van der Waals surface area (Å²) in [4.78, 5) is 39.6. The molecular formula is C23H18N4O5S2. The van der Waals surface area contributed by atoms with Gasteiger partial charge in [0.2, 0.25) is 5.91 Å². The van der Waals surface area contributed by atoms with Crippen LogP contribution in [0.15, 0.2) is 71.1 Å². The number of methoxy groups -OCH3 is 1. The summed E-state index contributed by atoms with van der Waals surface area (Å²) in [6.07, 6.45) is 0. The molecule has 0 radical (unpaired) electrons. The number of nitrogens with zero attached hydrogens (tertiary/aromatic N) is 2. The molecule has 1 heterocycles. The Bertz CT molecular complexity index is 1370. The molecule has 0 atom stereocenters. The lowest BCUT2D eigenvalue weighted by atomic mass is 10.2. The average molecular weight is 495 g/mol. The second-order valence-electron chi connectivity index (χ2n) is 6.96. The summed E-state index contributed by atoms with van der Waals surface area (Å²) in [5.74, 6) is 0.0973. The Morgan fingerprint density at radius 2 is 1.79 bits per heavy atom. The van der Waals surface area contributed by atoms with Crippen LogP contribution in [0.2, 0.25) is 0 Å². The van der Waals surface area contributed by atoms with Crippen LogP contribution in [-0.4, -0.2) is 34.6 Å². The summed E-state index contributed by atoms with van der Waals surface area (Å²) < 4.78 is 6.83.